The molecule has 7 nitrogen and oxygen atoms in total. The van der Waals surface area contributed by atoms with Crippen LogP contribution in [0, 0.1) is 0 Å². The monoisotopic (exact) mass is 319 g/mol. The van der Waals surface area contributed by atoms with Gasteiger partial charge >= 0.3 is 0 Å². The van der Waals surface area contributed by atoms with Crippen LogP contribution in [0.2, 0.25) is 0 Å². The van der Waals surface area contributed by atoms with Crippen molar-refractivity contribution in [2.75, 3.05) is 17.6 Å². The van der Waals surface area contributed by atoms with Crippen LogP contribution in [0.25, 0.3) is 0 Å². The molecule has 0 unspecified atom stereocenters. The molecule has 2 aromatic rings. The number of aryl methyl sites for hydroxylation is 1. The van der Waals surface area contributed by atoms with E-state index in [9.17, 15) is 9.59 Å². The predicted molar refractivity (Wildman–Crippen MR) is 85.7 cm³/mol. The number of nitrogens with one attached hydrogen (secondary N) is 2. The highest BCUT2D eigenvalue weighted by atomic mass is 32.1. The maximum absolute atomic E-state index is 11.9. The zero-order chi connectivity index (χ0) is 15.9. The number of hydrogen-bond donors (Lipinski definition) is 3. The van der Waals surface area contributed by atoms with E-state index in [0.29, 0.717) is 22.9 Å². The SMILES string of the molecule is CC(=O)Nc1ccc(C(=O)NCCCc2nnc(N)s2)cc1. The summed E-state index contributed by atoms with van der Waals surface area (Å²) in [5, 5.41) is 14.5. The summed E-state index contributed by atoms with van der Waals surface area (Å²) in [6, 6.07) is 6.73. The van der Waals surface area contributed by atoms with Gasteiger partial charge in [-0.2, -0.15) is 0 Å². The maximum Gasteiger partial charge on any atom is 0.251 e. The van der Waals surface area contributed by atoms with E-state index in [4.69, 9.17) is 5.73 Å². The molecule has 0 radical (unpaired) electrons. The van der Waals surface area contributed by atoms with Gasteiger partial charge in [0.05, 0.1) is 0 Å². The number of rotatable bonds is 6. The average Bonchev–Trinajstić information content (AvgIpc) is 2.89. The molecule has 0 atom stereocenters. The molecule has 0 bridgehead atoms. The molecule has 1 aromatic carbocycles. The Labute approximate surface area is 131 Å². The molecule has 4 N–H and O–H groups in total. The molecule has 1 aromatic heterocycles. The van der Waals surface area contributed by atoms with Gasteiger partial charge < -0.3 is 16.4 Å². The first-order valence-electron chi connectivity index (χ1n) is 6.78. The summed E-state index contributed by atoms with van der Waals surface area (Å²) >= 11 is 1.36. The van der Waals surface area contributed by atoms with Gasteiger partial charge in [-0.25, -0.2) is 0 Å². The smallest absolute Gasteiger partial charge is 0.251 e. The second-order valence-electron chi connectivity index (χ2n) is 4.65. The number of anilines is 2. The summed E-state index contributed by atoms with van der Waals surface area (Å²) in [7, 11) is 0. The lowest BCUT2D eigenvalue weighted by molar-refractivity contribution is -0.114. The molecule has 0 saturated heterocycles. The molecule has 0 fully saturated rings. The summed E-state index contributed by atoms with van der Waals surface area (Å²) < 4.78 is 0. The van der Waals surface area contributed by atoms with Crippen molar-refractivity contribution in [3.63, 3.8) is 0 Å². The Bertz CT molecular complexity index is 654. The van der Waals surface area contributed by atoms with Crippen molar-refractivity contribution < 1.29 is 9.59 Å². The predicted octanol–water partition coefficient (Wildman–Crippen LogP) is 1.44. The van der Waals surface area contributed by atoms with Crippen LogP contribution in [-0.4, -0.2) is 28.6 Å². The molecule has 0 aliphatic carbocycles. The van der Waals surface area contributed by atoms with E-state index in [1.54, 1.807) is 24.3 Å². The molecule has 0 aliphatic heterocycles. The summed E-state index contributed by atoms with van der Waals surface area (Å²) in [5.74, 6) is -0.291. The Balaban J connectivity index is 1.75. The minimum absolute atomic E-state index is 0.144. The fourth-order valence-electron chi connectivity index (χ4n) is 1.82. The van der Waals surface area contributed by atoms with Crippen molar-refractivity contribution in [3.05, 3.63) is 34.8 Å². The van der Waals surface area contributed by atoms with E-state index in [2.05, 4.69) is 20.8 Å². The van der Waals surface area contributed by atoms with Crippen molar-refractivity contribution in [2.45, 2.75) is 19.8 Å². The molecule has 2 rings (SSSR count). The van der Waals surface area contributed by atoms with Gasteiger partial charge in [0.25, 0.3) is 5.91 Å². The minimum Gasteiger partial charge on any atom is -0.374 e. The number of benzene rings is 1. The van der Waals surface area contributed by atoms with Crippen molar-refractivity contribution in [1.82, 2.24) is 15.5 Å². The Morgan fingerprint density at radius 1 is 1.23 bits per heavy atom. The Morgan fingerprint density at radius 3 is 2.55 bits per heavy atom. The van der Waals surface area contributed by atoms with Crippen molar-refractivity contribution in [3.8, 4) is 0 Å². The van der Waals surface area contributed by atoms with Crippen LogP contribution in [0.15, 0.2) is 24.3 Å². The molecule has 0 aliphatic rings. The fraction of sp³-hybridized carbons (Fsp3) is 0.286. The summed E-state index contributed by atoms with van der Waals surface area (Å²) in [4.78, 5) is 22.9. The number of carbonyl (C=O) groups excluding carboxylic acids is 2. The van der Waals surface area contributed by atoms with Crippen molar-refractivity contribution >= 4 is 34.0 Å². The highest BCUT2D eigenvalue weighted by Crippen LogP contribution is 2.12. The summed E-state index contributed by atoms with van der Waals surface area (Å²) in [6.07, 6.45) is 1.50. The highest BCUT2D eigenvalue weighted by Gasteiger charge is 2.06. The van der Waals surface area contributed by atoms with Crippen LogP contribution in [0.1, 0.15) is 28.7 Å². The first kappa shape index (κ1) is 15.9. The zero-order valence-corrected chi connectivity index (χ0v) is 12.9. The number of amides is 2. The number of nitrogens with zero attached hydrogens (tertiary/aromatic N) is 2. The van der Waals surface area contributed by atoms with E-state index in [-0.39, 0.29) is 11.8 Å². The molecule has 0 saturated carbocycles. The lowest BCUT2D eigenvalue weighted by Crippen LogP contribution is -2.24. The first-order valence-corrected chi connectivity index (χ1v) is 7.60. The Morgan fingerprint density at radius 2 is 1.95 bits per heavy atom. The molecule has 116 valence electrons. The molecule has 8 heteroatoms. The van der Waals surface area contributed by atoms with Crippen LogP contribution in [-0.2, 0) is 11.2 Å². The van der Waals surface area contributed by atoms with Gasteiger partial charge in [-0.3, -0.25) is 9.59 Å². The first-order chi connectivity index (χ1) is 10.5. The molecule has 22 heavy (non-hydrogen) atoms. The van der Waals surface area contributed by atoms with Crippen LogP contribution in [0.5, 0.6) is 0 Å². The Hall–Kier alpha value is -2.48. The van der Waals surface area contributed by atoms with Crippen LogP contribution in [0.4, 0.5) is 10.8 Å². The topological polar surface area (TPSA) is 110 Å². The lowest BCUT2D eigenvalue weighted by atomic mass is 10.2. The van der Waals surface area contributed by atoms with Gasteiger partial charge in [-0.1, -0.05) is 11.3 Å². The zero-order valence-electron chi connectivity index (χ0n) is 12.1. The van der Waals surface area contributed by atoms with E-state index in [0.717, 1.165) is 17.8 Å². The van der Waals surface area contributed by atoms with Gasteiger partial charge in [-0.15, -0.1) is 10.2 Å². The second kappa shape index (κ2) is 7.51. The van der Waals surface area contributed by atoms with Crippen molar-refractivity contribution in [2.24, 2.45) is 0 Å². The lowest BCUT2D eigenvalue weighted by Gasteiger charge is -2.06. The standard InChI is InChI=1S/C14H17N5O2S/c1-9(20)17-11-6-4-10(5-7-11)13(21)16-8-2-3-12-18-19-14(15)22-12/h4-7H,2-3,8H2,1H3,(H2,15,19)(H,16,21)(H,17,20). The highest BCUT2D eigenvalue weighted by molar-refractivity contribution is 7.15. The van der Waals surface area contributed by atoms with Gasteiger partial charge in [0, 0.05) is 31.1 Å². The van der Waals surface area contributed by atoms with E-state index >= 15 is 0 Å². The molecule has 0 spiro atoms. The largest absolute Gasteiger partial charge is 0.374 e. The van der Waals surface area contributed by atoms with Crippen LogP contribution < -0.4 is 16.4 Å². The minimum atomic E-state index is -0.147. The number of nitrogens with two attached hydrogens (primary N) is 1. The number of carbonyl (C=O) groups is 2. The van der Waals surface area contributed by atoms with E-state index in [1.165, 1.54) is 18.3 Å². The van der Waals surface area contributed by atoms with Crippen LogP contribution in [0.3, 0.4) is 0 Å². The Kier molecular flexibility index (Phi) is 5.42. The second-order valence-corrected chi connectivity index (χ2v) is 5.75. The number of nitrogen functional groups attached to an aromatic ring is 1. The quantitative estimate of drug-likeness (QED) is 0.698. The van der Waals surface area contributed by atoms with Crippen LogP contribution >= 0.6 is 11.3 Å². The van der Waals surface area contributed by atoms with Crippen molar-refractivity contribution in [1.29, 1.82) is 0 Å². The normalized spacial score (nSPS) is 10.2. The van der Waals surface area contributed by atoms with Gasteiger partial charge in [0.2, 0.25) is 11.0 Å². The molecular formula is C14H17N5O2S. The third kappa shape index (κ3) is 4.81. The molecule has 2 amide bonds. The summed E-state index contributed by atoms with van der Waals surface area (Å²) in [5.41, 5.74) is 6.71. The molecular weight excluding hydrogens is 302 g/mol. The van der Waals surface area contributed by atoms with E-state index in [1.807, 2.05) is 0 Å². The fourth-order valence-corrected chi connectivity index (χ4v) is 2.47. The van der Waals surface area contributed by atoms with Gasteiger partial charge in [0.15, 0.2) is 0 Å². The maximum atomic E-state index is 11.9. The van der Waals surface area contributed by atoms with Gasteiger partial charge in [-0.05, 0) is 30.7 Å². The third-order valence-corrected chi connectivity index (χ3v) is 3.62. The average molecular weight is 319 g/mol. The number of aromatic nitrogens is 2. The summed E-state index contributed by atoms with van der Waals surface area (Å²) in [6.45, 7) is 1.98. The molecule has 1 heterocycles. The third-order valence-electron chi connectivity index (χ3n) is 2.80. The number of hydrogen-bond acceptors (Lipinski definition) is 6. The van der Waals surface area contributed by atoms with E-state index < -0.39 is 0 Å². The van der Waals surface area contributed by atoms with Gasteiger partial charge in [0.1, 0.15) is 5.01 Å².